The predicted molar refractivity (Wildman–Crippen MR) is 72.8 cm³/mol. The highest BCUT2D eigenvalue weighted by Gasteiger charge is 2.11. The molecular weight excluding hydrogens is 286 g/mol. The van der Waals surface area contributed by atoms with Crippen molar-refractivity contribution in [1.29, 1.82) is 0 Å². The van der Waals surface area contributed by atoms with Crippen molar-refractivity contribution in [3.05, 3.63) is 64.2 Å². The minimum absolute atomic E-state index is 0.0316. The molecule has 2 aromatic carbocycles. The Bertz CT molecular complexity index is 615. The Morgan fingerprint density at radius 3 is 2.60 bits per heavy atom. The summed E-state index contributed by atoms with van der Waals surface area (Å²) in [6, 6.07) is 8.19. The highest BCUT2D eigenvalue weighted by atomic mass is 35.5. The number of aliphatic hydroxyl groups is 1. The lowest BCUT2D eigenvalue weighted by Crippen LogP contribution is -2.02. The molecule has 5 heteroatoms. The quantitative estimate of drug-likeness (QED) is 0.914. The average molecular weight is 299 g/mol. The molecule has 0 unspecified atom stereocenters. The van der Waals surface area contributed by atoms with Gasteiger partial charge in [-0.1, -0.05) is 17.7 Å². The van der Waals surface area contributed by atoms with Crippen LogP contribution in [0.5, 0.6) is 5.75 Å². The van der Waals surface area contributed by atoms with E-state index >= 15 is 0 Å². The average Bonchev–Trinajstić information content (AvgIpc) is 2.40. The van der Waals surface area contributed by atoms with Crippen molar-refractivity contribution in [3.63, 3.8) is 0 Å². The van der Waals surface area contributed by atoms with E-state index in [1.807, 2.05) is 0 Å². The lowest BCUT2D eigenvalue weighted by atomic mass is 10.1. The van der Waals surface area contributed by atoms with Gasteiger partial charge >= 0.3 is 0 Å². The Morgan fingerprint density at radius 2 is 1.95 bits per heavy atom. The van der Waals surface area contributed by atoms with Gasteiger partial charge in [0.05, 0.1) is 11.1 Å². The smallest absolute Gasteiger partial charge is 0.142 e. The Hall–Kier alpha value is -1.65. The summed E-state index contributed by atoms with van der Waals surface area (Å²) in [6.07, 6.45) is -0.785. The van der Waals surface area contributed by atoms with Gasteiger partial charge in [0.15, 0.2) is 0 Å². The van der Waals surface area contributed by atoms with Crippen LogP contribution in [0.2, 0.25) is 5.02 Å². The second-order valence-corrected chi connectivity index (χ2v) is 4.80. The highest BCUT2D eigenvalue weighted by molar-refractivity contribution is 6.30. The van der Waals surface area contributed by atoms with E-state index in [0.717, 1.165) is 0 Å². The first-order valence-corrected chi connectivity index (χ1v) is 6.39. The van der Waals surface area contributed by atoms with Crippen LogP contribution in [-0.4, -0.2) is 5.11 Å². The first-order chi connectivity index (χ1) is 9.47. The van der Waals surface area contributed by atoms with Gasteiger partial charge in [0, 0.05) is 11.6 Å². The van der Waals surface area contributed by atoms with E-state index in [9.17, 15) is 13.9 Å². The summed E-state index contributed by atoms with van der Waals surface area (Å²) in [5, 5.41) is 9.62. The van der Waals surface area contributed by atoms with Crippen LogP contribution in [-0.2, 0) is 6.61 Å². The Morgan fingerprint density at radius 1 is 1.20 bits per heavy atom. The number of aliphatic hydroxyl groups excluding tert-OH is 1. The molecule has 0 aliphatic carbocycles. The molecule has 1 atom stereocenters. The summed E-state index contributed by atoms with van der Waals surface area (Å²) < 4.78 is 32.0. The van der Waals surface area contributed by atoms with E-state index < -0.39 is 17.7 Å². The van der Waals surface area contributed by atoms with Crippen molar-refractivity contribution >= 4 is 11.6 Å². The van der Waals surface area contributed by atoms with Crippen LogP contribution in [0, 0.1) is 11.6 Å². The Labute approximate surface area is 120 Å². The topological polar surface area (TPSA) is 29.5 Å². The third-order valence-corrected chi connectivity index (χ3v) is 3.11. The normalized spacial score (nSPS) is 12.2. The zero-order valence-corrected chi connectivity index (χ0v) is 11.5. The van der Waals surface area contributed by atoms with Gasteiger partial charge in [0.2, 0.25) is 0 Å². The van der Waals surface area contributed by atoms with Crippen LogP contribution < -0.4 is 4.74 Å². The molecule has 1 N–H and O–H groups in total. The molecule has 0 heterocycles. The molecular formula is C15H13ClF2O2. The number of ether oxygens (including phenoxy) is 1. The van der Waals surface area contributed by atoms with E-state index in [2.05, 4.69) is 0 Å². The lowest BCUT2D eigenvalue weighted by Gasteiger charge is -2.13. The number of halogens is 3. The molecule has 0 aliphatic heterocycles. The van der Waals surface area contributed by atoms with Crippen molar-refractivity contribution < 1.29 is 18.6 Å². The van der Waals surface area contributed by atoms with Gasteiger partial charge in [-0.3, -0.25) is 0 Å². The largest absolute Gasteiger partial charge is 0.488 e. The van der Waals surface area contributed by atoms with E-state index in [1.54, 1.807) is 13.0 Å². The van der Waals surface area contributed by atoms with E-state index in [-0.39, 0.29) is 17.4 Å². The maximum Gasteiger partial charge on any atom is 0.142 e. The number of hydrogen-bond donors (Lipinski definition) is 1. The summed E-state index contributed by atoms with van der Waals surface area (Å²) in [4.78, 5) is 0. The minimum atomic E-state index is -0.785. The molecule has 2 rings (SSSR count). The molecule has 0 aliphatic rings. The van der Waals surface area contributed by atoms with Gasteiger partial charge in [0.1, 0.15) is 24.0 Å². The van der Waals surface area contributed by atoms with Gasteiger partial charge in [-0.15, -0.1) is 0 Å². The second kappa shape index (κ2) is 6.20. The van der Waals surface area contributed by atoms with Crippen molar-refractivity contribution in [1.82, 2.24) is 0 Å². The number of benzene rings is 2. The van der Waals surface area contributed by atoms with Gasteiger partial charge in [-0.25, -0.2) is 8.78 Å². The zero-order valence-electron chi connectivity index (χ0n) is 10.7. The number of hydrogen-bond acceptors (Lipinski definition) is 2. The first kappa shape index (κ1) is 14.8. The molecule has 0 bridgehead atoms. The zero-order chi connectivity index (χ0) is 14.7. The van der Waals surface area contributed by atoms with Crippen molar-refractivity contribution in [2.75, 3.05) is 0 Å². The van der Waals surface area contributed by atoms with Crippen LogP contribution in [0.4, 0.5) is 8.78 Å². The molecule has 0 aromatic heterocycles. The fourth-order valence-electron chi connectivity index (χ4n) is 1.77. The fourth-order valence-corrected chi connectivity index (χ4v) is 1.89. The maximum absolute atomic E-state index is 13.3. The van der Waals surface area contributed by atoms with Crippen LogP contribution in [0.1, 0.15) is 24.2 Å². The monoisotopic (exact) mass is 298 g/mol. The van der Waals surface area contributed by atoms with Crippen molar-refractivity contribution in [2.24, 2.45) is 0 Å². The summed E-state index contributed by atoms with van der Waals surface area (Å²) in [5.41, 5.74) is 1.04. The SMILES string of the molecule is C[C@@H](O)c1ccc(F)cc1OCc1ccc(Cl)c(F)c1. The van der Waals surface area contributed by atoms with Crippen LogP contribution in [0.3, 0.4) is 0 Å². The molecule has 0 saturated carbocycles. The van der Waals surface area contributed by atoms with E-state index in [0.29, 0.717) is 11.1 Å². The second-order valence-electron chi connectivity index (χ2n) is 4.40. The van der Waals surface area contributed by atoms with Crippen LogP contribution >= 0.6 is 11.6 Å². The van der Waals surface area contributed by atoms with Gasteiger partial charge < -0.3 is 9.84 Å². The molecule has 0 fully saturated rings. The standard InChI is InChI=1S/C15H13ClF2O2/c1-9(19)12-4-3-11(17)7-15(12)20-8-10-2-5-13(16)14(18)6-10/h2-7,9,19H,8H2,1H3/t9-/m1/s1. The third kappa shape index (κ3) is 3.46. The van der Waals surface area contributed by atoms with Crippen LogP contribution in [0.15, 0.2) is 36.4 Å². The molecule has 0 saturated heterocycles. The summed E-state index contributed by atoms with van der Waals surface area (Å²) in [7, 11) is 0. The molecule has 0 amide bonds. The first-order valence-electron chi connectivity index (χ1n) is 6.01. The molecule has 0 radical (unpaired) electrons. The molecule has 2 nitrogen and oxygen atoms in total. The van der Waals surface area contributed by atoms with Gasteiger partial charge in [-0.2, -0.15) is 0 Å². The predicted octanol–water partition coefficient (Wildman–Crippen LogP) is 4.25. The van der Waals surface area contributed by atoms with E-state index in [1.165, 1.54) is 30.3 Å². The van der Waals surface area contributed by atoms with E-state index in [4.69, 9.17) is 16.3 Å². The maximum atomic E-state index is 13.3. The Kier molecular flexibility index (Phi) is 4.57. The summed E-state index contributed by atoms with van der Waals surface area (Å²) in [5.74, 6) is -0.773. The summed E-state index contributed by atoms with van der Waals surface area (Å²) >= 11 is 5.59. The Balaban J connectivity index is 2.17. The van der Waals surface area contributed by atoms with Crippen LogP contribution in [0.25, 0.3) is 0 Å². The fraction of sp³-hybridized carbons (Fsp3) is 0.200. The highest BCUT2D eigenvalue weighted by Crippen LogP contribution is 2.27. The van der Waals surface area contributed by atoms with Gasteiger partial charge in [-0.05, 0) is 36.8 Å². The minimum Gasteiger partial charge on any atom is -0.488 e. The van der Waals surface area contributed by atoms with Crippen molar-refractivity contribution in [2.45, 2.75) is 19.6 Å². The molecule has 0 spiro atoms. The van der Waals surface area contributed by atoms with Gasteiger partial charge in [0.25, 0.3) is 0 Å². The molecule has 106 valence electrons. The molecule has 2 aromatic rings. The third-order valence-electron chi connectivity index (χ3n) is 2.80. The molecule has 20 heavy (non-hydrogen) atoms. The number of rotatable bonds is 4. The van der Waals surface area contributed by atoms with Crippen molar-refractivity contribution in [3.8, 4) is 5.75 Å². The lowest BCUT2D eigenvalue weighted by molar-refractivity contribution is 0.190. The summed E-state index contributed by atoms with van der Waals surface area (Å²) in [6.45, 7) is 1.61.